The molecular formula is C17H19ClN2O3S. The lowest BCUT2D eigenvalue weighted by Gasteiger charge is -2.18. The fourth-order valence-electron chi connectivity index (χ4n) is 2.89. The number of nitrogens with zero attached hydrogens (tertiary/aromatic N) is 1. The molecule has 7 heteroatoms. The molecule has 0 bridgehead atoms. The SMILES string of the molecule is O=S(=O)(NCC1CCN(c2ccccc2)C1)c1cccc(Cl)c1O. The van der Waals surface area contributed by atoms with Crippen molar-refractivity contribution in [2.75, 3.05) is 24.5 Å². The van der Waals surface area contributed by atoms with Crippen LogP contribution in [0.3, 0.4) is 0 Å². The van der Waals surface area contributed by atoms with Crippen LogP contribution in [-0.2, 0) is 10.0 Å². The summed E-state index contributed by atoms with van der Waals surface area (Å²) in [7, 11) is -3.79. The molecule has 2 N–H and O–H groups in total. The Morgan fingerprint density at radius 3 is 2.67 bits per heavy atom. The Labute approximate surface area is 146 Å². The Bertz CT molecular complexity index is 812. The lowest BCUT2D eigenvalue weighted by molar-refractivity contribution is 0.457. The number of benzene rings is 2. The molecule has 1 unspecified atom stereocenters. The highest BCUT2D eigenvalue weighted by molar-refractivity contribution is 7.89. The van der Waals surface area contributed by atoms with Gasteiger partial charge < -0.3 is 10.0 Å². The first-order valence-electron chi connectivity index (χ1n) is 7.74. The van der Waals surface area contributed by atoms with Gasteiger partial charge in [0.25, 0.3) is 0 Å². The number of hydrogen-bond acceptors (Lipinski definition) is 4. The van der Waals surface area contributed by atoms with Gasteiger partial charge in [-0.05, 0) is 36.6 Å². The van der Waals surface area contributed by atoms with Crippen LogP contribution in [-0.4, -0.2) is 33.2 Å². The molecule has 1 aliphatic rings. The van der Waals surface area contributed by atoms with E-state index in [0.29, 0.717) is 6.54 Å². The molecule has 24 heavy (non-hydrogen) atoms. The zero-order chi connectivity index (χ0) is 17.2. The van der Waals surface area contributed by atoms with Gasteiger partial charge in [0, 0.05) is 25.3 Å². The molecule has 1 saturated heterocycles. The second-order valence-corrected chi connectivity index (χ2v) is 8.02. The summed E-state index contributed by atoms with van der Waals surface area (Å²) in [5.41, 5.74) is 1.15. The third-order valence-electron chi connectivity index (χ3n) is 4.21. The maximum absolute atomic E-state index is 12.4. The van der Waals surface area contributed by atoms with Crippen molar-refractivity contribution in [1.82, 2.24) is 4.72 Å². The zero-order valence-electron chi connectivity index (χ0n) is 13.0. The predicted molar refractivity (Wildman–Crippen MR) is 95.1 cm³/mol. The molecule has 0 aliphatic carbocycles. The van der Waals surface area contributed by atoms with Gasteiger partial charge in [-0.15, -0.1) is 0 Å². The minimum Gasteiger partial charge on any atom is -0.505 e. The molecule has 0 radical (unpaired) electrons. The largest absolute Gasteiger partial charge is 0.505 e. The van der Waals surface area contributed by atoms with Crippen LogP contribution in [0.4, 0.5) is 5.69 Å². The quantitative estimate of drug-likeness (QED) is 0.853. The first kappa shape index (κ1) is 17.1. The number of aromatic hydroxyl groups is 1. The van der Waals surface area contributed by atoms with Gasteiger partial charge in [0.05, 0.1) is 5.02 Å². The monoisotopic (exact) mass is 366 g/mol. The van der Waals surface area contributed by atoms with Crippen molar-refractivity contribution in [3.8, 4) is 5.75 Å². The molecule has 2 aromatic rings. The number of nitrogens with one attached hydrogen (secondary N) is 1. The summed E-state index contributed by atoms with van der Waals surface area (Å²) < 4.78 is 27.3. The van der Waals surface area contributed by atoms with E-state index in [-0.39, 0.29) is 15.8 Å². The van der Waals surface area contributed by atoms with Crippen molar-refractivity contribution in [3.05, 3.63) is 53.6 Å². The number of rotatable bonds is 5. The zero-order valence-corrected chi connectivity index (χ0v) is 14.6. The normalized spacial score (nSPS) is 18.0. The van der Waals surface area contributed by atoms with Crippen LogP contribution >= 0.6 is 11.6 Å². The summed E-state index contributed by atoms with van der Waals surface area (Å²) in [5, 5.41) is 9.88. The number of para-hydroxylation sites is 2. The van der Waals surface area contributed by atoms with Crippen molar-refractivity contribution in [3.63, 3.8) is 0 Å². The lowest BCUT2D eigenvalue weighted by atomic mass is 10.1. The van der Waals surface area contributed by atoms with Gasteiger partial charge in [0.1, 0.15) is 4.90 Å². The first-order valence-corrected chi connectivity index (χ1v) is 9.60. The number of anilines is 1. The van der Waals surface area contributed by atoms with Gasteiger partial charge >= 0.3 is 0 Å². The summed E-state index contributed by atoms with van der Waals surface area (Å²) in [6.45, 7) is 2.03. The van der Waals surface area contributed by atoms with Gasteiger partial charge in [-0.3, -0.25) is 0 Å². The maximum Gasteiger partial charge on any atom is 0.244 e. The fourth-order valence-corrected chi connectivity index (χ4v) is 4.35. The molecule has 0 saturated carbocycles. The number of hydrogen-bond donors (Lipinski definition) is 2. The third kappa shape index (κ3) is 3.66. The number of phenolic OH excluding ortho intramolecular Hbond substituents is 1. The van der Waals surface area contributed by atoms with Crippen LogP contribution < -0.4 is 9.62 Å². The standard InChI is InChI=1S/C17H19ClN2O3S/c18-15-7-4-8-16(17(15)21)24(22,23)19-11-13-9-10-20(12-13)14-5-2-1-3-6-14/h1-8,13,19,21H,9-12H2. The molecule has 1 aliphatic heterocycles. The molecule has 0 spiro atoms. The van der Waals surface area contributed by atoms with Crippen molar-refractivity contribution in [2.45, 2.75) is 11.3 Å². The van der Waals surface area contributed by atoms with E-state index in [1.807, 2.05) is 18.2 Å². The van der Waals surface area contributed by atoms with Gasteiger partial charge in [-0.25, -0.2) is 13.1 Å². The van der Waals surface area contributed by atoms with Crippen molar-refractivity contribution in [2.24, 2.45) is 5.92 Å². The van der Waals surface area contributed by atoms with E-state index in [0.717, 1.165) is 25.2 Å². The molecule has 1 atom stereocenters. The number of sulfonamides is 1. The van der Waals surface area contributed by atoms with Gasteiger partial charge in [0.15, 0.2) is 5.75 Å². The van der Waals surface area contributed by atoms with Gasteiger partial charge in [0.2, 0.25) is 10.0 Å². The molecule has 3 rings (SSSR count). The molecular weight excluding hydrogens is 348 g/mol. The van der Waals surface area contributed by atoms with Gasteiger partial charge in [-0.1, -0.05) is 35.9 Å². The highest BCUT2D eigenvalue weighted by atomic mass is 35.5. The van der Waals surface area contributed by atoms with E-state index in [4.69, 9.17) is 11.6 Å². The second-order valence-electron chi connectivity index (χ2n) is 5.87. The van der Waals surface area contributed by atoms with Crippen LogP contribution in [0.25, 0.3) is 0 Å². The molecule has 2 aromatic carbocycles. The summed E-state index contributed by atoms with van der Waals surface area (Å²) in [6.07, 6.45) is 0.916. The van der Waals surface area contributed by atoms with Crippen LogP contribution in [0.15, 0.2) is 53.4 Å². The Balaban J connectivity index is 1.63. The highest BCUT2D eigenvalue weighted by Crippen LogP contribution is 2.30. The fraction of sp³-hybridized carbons (Fsp3) is 0.294. The Morgan fingerprint density at radius 1 is 1.17 bits per heavy atom. The van der Waals surface area contributed by atoms with Crippen molar-refractivity contribution < 1.29 is 13.5 Å². The summed E-state index contributed by atoms with van der Waals surface area (Å²) in [6, 6.07) is 14.4. The predicted octanol–water partition coefficient (Wildman–Crippen LogP) is 2.85. The smallest absolute Gasteiger partial charge is 0.244 e. The third-order valence-corrected chi connectivity index (χ3v) is 5.97. The van der Waals surface area contributed by atoms with E-state index in [1.165, 1.54) is 18.2 Å². The second kappa shape index (κ2) is 7.01. The van der Waals surface area contributed by atoms with E-state index >= 15 is 0 Å². The van der Waals surface area contributed by atoms with E-state index < -0.39 is 15.8 Å². The molecule has 0 amide bonds. The number of phenols is 1. The minimum absolute atomic E-state index is 0.0222. The Hall–Kier alpha value is -1.76. The number of halogens is 1. The van der Waals surface area contributed by atoms with Crippen molar-refractivity contribution in [1.29, 1.82) is 0 Å². The molecule has 128 valence electrons. The van der Waals surface area contributed by atoms with E-state index in [2.05, 4.69) is 21.8 Å². The summed E-state index contributed by atoms with van der Waals surface area (Å²) in [4.78, 5) is 2.06. The first-order chi connectivity index (χ1) is 11.5. The Kier molecular flexibility index (Phi) is 4.99. The van der Waals surface area contributed by atoms with Crippen molar-refractivity contribution >= 4 is 27.3 Å². The highest BCUT2D eigenvalue weighted by Gasteiger charge is 2.26. The molecule has 0 aromatic heterocycles. The van der Waals surface area contributed by atoms with E-state index in [9.17, 15) is 13.5 Å². The molecule has 1 fully saturated rings. The maximum atomic E-state index is 12.4. The van der Waals surface area contributed by atoms with Crippen LogP contribution in [0, 0.1) is 5.92 Å². The summed E-state index contributed by atoms with van der Waals surface area (Å²) >= 11 is 5.79. The lowest BCUT2D eigenvalue weighted by Crippen LogP contribution is -2.31. The Morgan fingerprint density at radius 2 is 1.92 bits per heavy atom. The van der Waals surface area contributed by atoms with E-state index in [1.54, 1.807) is 0 Å². The molecule has 1 heterocycles. The average molecular weight is 367 g/mol. The topological polar surface area (TPSA) is 69.6 Å². The van der Waals surface area contributed by atoms with Crippen LogP contribution in [0.2, 0.25) is 5.02 Å². The summed E-state index contributed by atoms with van der Waals surface area (Å²) in [5.74, 6) is -0.190. The van der Waals surface area contributed by atoms with Crippen LogP contribution in [0.5, 0.6) is 5.75 Å². The van der Waals surface area contributed by atoms with Crippen LogP contribution in [0.1, 0.15) is 6.42 Å². The minimum atomic E-state index is -3.79. The van der Waals surface area contributed by atoms with Gasteiger partial charge in [-0.2, -0.15) is 0 Å². The average Bonchev–Trinajstić information content (AvgIpc) is 3.05. The molecule has 5 nitrogen and oxygen atoms in total.